The topological polar surface area (TPSA) is 40.5 Å². The van der Waals surface area contributed by atoms with Crippen LogP contribution in [0.1, 0.15) is 19.3 Å². The third-order valence-corrected chi connectivity index (χ3v) is 5.61. The van der Waals surface area contributed by atoms with E-state index in [1.54, 1.807) is 0 Å². The zero-order valence-corrected chi connectivity index (χ0v) is 7.07. The third-order valence-electron chi connectivity index (χ3n) is 2.20. The van der Waals surface area contributed by atoms with Crippen molar-refractivity contribution >= 4 is 10.0 Å². The van der Waals surface area contributed by atoms with Crippen LogP contribution in [0.3, 0.4) is 0 Å². The van der Waals surface area contributed by atoms with E-state index in [4.69, 9.17) is 10.2 Å². The van der Waals surface area contributed by atoms with Gasteiger partial charge in [-0.15, -0.1) is 0 Å². The Labute approximate surface area is 63.6 Å². The average molecular weight is 164 g/mol. The lowest BCUT2D eigenvalue weighted by Gasteiger charge is -2.39. The molecule has 0 aromatic carbocycles. The summed E-state index contributed by atoms with van der Waals surface area (Å²) in [4.78, 5) is 0. The lowest BCUT2D eigenvalue weighted by molar-refractivity contribution is 0.343. The van der Waals surface area contributed by atoms with Gasteiger partial charge in [0.2, 0.25) is 0 Å². The van der Waals surface area contributed by atoms with Gasteiger partial charge in [0.25, 0.3) is 0 Å². The van der Waals surface area contributed by atoms with Crippen LogP contribution in [0.2, 0.25) is 0 Å². The van der Waals surface area contributed by atoms with E-state index >= 15 is 0 Å². The number of hydrogen-bond donors (Lipinski definition) is 2. The summed E-state index contributed by atoms with van der Waals surface area (Å²) in [5.74, 6) is 2.65. The quantitative estimate of drug-likeness (QED) is 0.636. The largest absolute Gasteiger partial charge is 0.387 e. The zero-order chi connectivity index (χ0) is 7.45. The minimum Gasteiger partial charge on any atom is -0.387 e. The van der Waals surface area contributed by atoms with Gasteiger partial charge in [0.1, 0.15) is 0 Å². The molecule has 0 spiro atoms. The molecule has 3 heteroatoms. The summed E-state index contributed by atoms with van der Waals surface area (Å²) in [6, 6.07) is 0. The molecule has 0 amide bonds. The van der Waals surface area contributed by atoms with Crippen molar-refractivity contribution in [3.8, 4) is 0 Å². The van der Waals surface area contributed by atoms with E-state index in [9.17, 15) is 0 Å². The van der Waals surface area contributed by atoms with Gasteiger partial charge in [0, 0.05) is 0 Å². The highest BCUT2D eigenvalue weighted by molar-refractivity contribution is 8.33. The molecule has 1 saturated heterocycles. The second-order valence-corrected chi connectivity index (χ2v) is 6.73. The monoisotopic (exact) mass is 164 g/mol. The van der Waals surface area contributed by atoms with Gasteiger partial charge in [-0.2, -0.15) is 10.0 Å². The molecule has 0 radical (unpaired) electrons. The molecule has 1 rings (SSSR count). The fourth-order valence-electron chi connectivity index (χ4n) is 1.39. The predicted molar refractivity (Wildman–Crippen MR) is 45.3 cm³/mol. The Balaban J connectivity index is 2.44. The first-order chi connectivity index (χ1) is 4.83. The van der Waals surface area contributed by atoms with Crippen LogP contribution >= 0.6 is 10.0 Å². The normalized spacial score (nSPS) is 27.8. The van der Waals surface area contributed by atoms with E-state index in [1.165, 1.54) is 19.3 Å². The van der Waals surface area contributed by atoms with Crippen LogP contribution in [-0.2, 0) is 0 Å². The molecule has 0 aliphatic carbocycles. The van der Waals surface area contributed by atoms with E-state index in [0.29, 0.717) is 0 Å². The SMILES string of the molecule is OCS1(CO)CCCCC1. The highest BCUT2D eigenvalue weighted by Gasteiger charge is 2.24. The van der Waals surface area contributed by atoms with Crippen LogP contribution in [0, 0.1) is 0 Å². The number of hydrogen-bond acceptors (Lipinski definition) is 2. The summed E-state index contributed by atoms with van der Waals surface area (Å²) in [6.07, 6.45) is 3.70. The van der Waals surface area contributed by atoms with Gasteiger partial charge in [-0.25, -0.2) is 0 Å². The number of aliphatic hydroxyl groups is 2. The maximum atomic E-state index is 9.02. The first kappa shape index (κ1) is 8.37. The van der Waals surface area contributed by atoms with Crippen LogP contribution in [-0.4, -0.2) is 33.6 Å². The molecule has 62 valence electrons. The summed E-state index contributed by atoms with van der Waals surface area (Å²) in [5.41, 5.74) is 0. The Morgan fingerprint density at radius 3 is 1.70 bits per heavy atom. The Morgan fingerprint density at radius 2 is 1.40 bits per heavy atom. The minimum absolute atomic E-state index is 0.240. The van der Waals surface area contributed by atoms with Gasteiger partial charge < -0.3 is 10.2 Å². The minimum atomic E-state index is -0.962. The molecule has 1 aliphatic rings. The van der Waals surface area contributed by atoms with Gasteiger partial charge in [0.05, 0.1) is 11.9 Å². The van der Waals surface area contributed by atoms with Crippen molar-refractivity contribution < 1.29 is 10.2 Å². The Morgan fingerprint density at radius 1 is 0.900 bits per heavy atom. The third kappa shape index (κ3) is 1.65. The molecule has 0 saturated carbocycles. The van der Waals surface area contributed by atoms with E-state index in [0.717, 1.165) is 11.5 Å². The average Bonchev–Trinajstić information content (AvgIpc) is 2.06. The van der Waals surface area contributed by atoms with E-state index in [2.05, 4.69) is 0 Å². The van der Waals surface area contributed by atoms with Gasteiger partial charge in [-0.05, 0) is 24.3 Å². The molecule has 2 N–H and O–H groups in total. The molecular weight excluding hydrogens is 148 g/mol. The number of rotatable bonds is 2. The van der Waals surface area contributed by atoms with Crippen LogP contribution in [0.25, 0.3) is 0 Å². The Bertz CT molecular complexity index is 93.8. The summed E-state index contributed by atoms with van der Waals surface area (Å²) in [7, 11) is -0.962. The van der Waals surface area contributed by atoms with Crippen LogP contribution in [0.15, 0.2) is 0 Å². The molecule has 1 heterocycles. The molecule has 0 aromatic heterocycles. The van der Waals surface area contributed by atoms with E-state index in [1.807, 2.05) is 0 Å². The van der Waals surface area contributed by atoms with Gasteiger partial charge in [0.15, 0.2) is 0 Å². The van der Waals surface area contributed by atoms with Crippen LogP contribution < -0.4 is 0 Å². The van der Waals surface area contributed by atoms with Crippen LogP contribution in [0.4, 0.5) is 0 Å². The van der Waals surface area contributed by atoms with Crippen molar-refractivity contribution in [2.75, 3.05) is 23.4 Å². The fourth-order valence-corrected chi connectivity index (χ4v) is 3.83. The first-order valence-corrected chi connectivity index (χ1v) is 6.10. The maximum absolute atomic E-state index is 9.02. The second-order valence-electron chi connectivity index (χ2n) is 2.95. The van der Waals surface area contributed by atoms with Crippen molar-refractivity contribution in [2.45, 2.75) is 19.3 Å². The Kier molecular flexibility index (Phi) is 3.01. The van der Waals surface area contributed by atoms with Gasteiger partial charge in [-0.1, -0.05) is 6.42 Å². The summed E-state index contributed by atoms with van der Waals surface area (Å²) < 4.78 is 0. The zero-order valence-electron chi connectivity index (χ0n) is 6.25. The molecule has 1 aliphatic heterocycles. The Hall–Kier alpha value is 0.270. The van der Waals surface area contributed by atoms with Crippen molar-refractivity contribution in [3.63, 3.8) is 0 Å². The standard InChI is InChI=1S/C7H16O2S/c8-6-10(7-9)4-2-1-3-5-10/h8-9H,1-7H2. The predicted octanol–water partition coefficient (Wildman–Crippen LogP) is 0.874. The highest BCUT2D eigenvalue weighted by Crippen LogP contribution is 2.50. The molecule has 0 aromatic rings. The molecule has 2 nitrogen and oxygen atoms in total. The molecule has 0 atom stereocenters. The molecule has 0 bridgehead atoms. The second kappa shape index (κ2) is 3.60. The van der Waals surface area contributed by atoms with Crippen molar-refractivity contribution in [3.05, 3.63) is 0 Å². The van der Waals surface area contributed by atoms with Crippen LogP contribution in [0.5, 0.6) is 0 Å². The highest BCUT2D eigenvalue weighted by atomic mass is 32.3. The molecule has 0 unspecified atom stereocenters. The summed E-state index contributed by atoms with van der Waals surface area (Å²) in [6.45, 7) is 0. The molecular formula is C7H16O2S. The van der Waals surface area contributed by atoms with Gasteiger partial charge >= 0.3 is 0 Å². The van der Waals surface area contributed by atoms with Crippen molar-refractivity contribution in [2.24, 2.45) is 0 Å². The van der Waals surface area contributed by atoms with E-state index < -0.39 is 10.0 Å². The maximum Gasteiger partial charge on any atom is 0.0754 e. The number of aliphatic hydroxyl groups excluding tert-OH is 2. The fraction of sp³-hybridized carbons (Fsp3) is 1.00. The summed E-state index contributed by atoms with van der Waals surface area (Å²) in [5, 5.41) is 18.0. The van der Waals surface area contributed by atoms with Crippen molar-refractivity contribution in [1.82, 2.24) is 0 Å². The first-order valence-electron chi connectivity index (χ1n) is 3.79. The lowest BCUT2D eigenvalue weighted by atomic mass is 10.3. The van der Waals surface area contributed by atoms with Gasteiger partial charge in [-0.3, -0.25) is 0 Å². The molecule has 1 fully saturated rings. The van der Waals surface area contributed by atoms with E-state index in [-0.39, 0.29) is 11.9 Å². The lowest BCUT2D eigenvalue weighted by Crippen LogP contribution is -2.20. The smallest absolute Gasteiger partial charge is 0.0754 e. The molecule has 10 heavy (non-hydrogen) atoms. The summed E-state index contributed by atoms with van der Waals surface area (Å²) >= 11 is 0. The van der Waals surface area contributed by atoms with Crippen molar-refractivity contribution in [1.29, 1.82) is 0 Å².